The highest BCUT2D eigenvalue weighted by Crippen LogP contribution is 2.32. The number of esters is 2. The lowest BCUT2D eigenvalue weighted by Crippen LogP contribution is -2.13. The van der Waals surface area contributed by atoms with Gasteiger partial charge in [-0.2, -0.15) is 0 Å². The number of carbonyl (C=O) groups excluding carboxylic acids is 2. The first-order chi connectivity index (χ1) is 15.7. The maximum Gasteiger partial charge on any atom is 0.330 e. The van der Waals surface area contributed by atoms with Crippen LogP contribution in [0.4, 0.5) is 0 Å². The van der Waals surface area contributed by atoms with Crippen molar-refractivity contribution >= 4 is 22.7 Å². The van der Waals surface area contributed by atoms with Crippen molar-refractivity contribution in [1.82, 2.24) is 0 Å². The summed E-state index contributed by atoms with van der Waals surface area (Å²) in [7, 11) is 0. The quantitative estimate of drug-likeness (QED) is 0.222. The average Bonchev–Trinajstić information content (AvgIpc) is 2.82. The van der Waals surface area contributed by atoms with E-state index in [0.717, 1.165) is 34.4 Å². The zero-order valence-electron chi connectivity index (χ0n) is 18.0. The third kappa shape index (κ3) is 8.79. The van der Waals surface area contributed by atoms with Gasteiger partial charge in [-0.05, 0) is 12.1 Å². The van der Waals surface area contributed by atoms with Crippen molar-refractivity contribution in [3.05, 3.63) is 61.7 Å². The molecule has 2 aromatic carbocycles. The highest BCUT2D eigenvalue weighted by atomic mass is 16.6. The normalized spacial score (nSPS) is 10.4. The van der Waals surface area contributed by atoms with Crippen LogP contribution >= 0.6 is 0 Å². The van der Waals surface area contributed by atoms with E-state index < -0.39 is 11.9 Å². The Labute approximate surface area is 187 Å². The molecule has 8 nitrogen and oxygen atoms in total. The Kier molecular flexibility index (Phi) is 11.4. The molecule has 0 radical (unpaired) electrons. The summed E-state index contributed by atoms with van der Waals surface area (Å²) in [6.07, 6.45) is 2.22. The van der Waals surface area contributed by atoms with Crippen LogP contribution in [0.3, 0.4) is 0 Å². The van der Waals surface area contributed by atoms with Crippen LogP contribution in [-0.2, 0) is 28.5 Å². The maximum atomic E-state index is 10.9. The SMILES string of the molecule is C=CC(=O)OCCOCCOc1cccc2c(OCCOCCOC(=O)C=C)cccc12. The fourth-order valence-corrected chi connectivity index (χ4v) is 2.65. The van der Waals surface area contributed by atoms with Crippen molar-refractivity contribution in [2.75, 3.05) is 52.9 Å². The molecule has 0 amide bonds. The van der Waals surface area contributed by atoms with Crippen LogP contribution in [0.5, 0.6) is 11.5 Å². The van der Waals surface area contributed by atoms with E-state index in [9.17, 15) is 9.59 Å². The first kappa shape index (κ1) is 24.9. The topological polar surface area (TPSA) is 89.5 Å². The molecule has 2 rings (SSSR count). The molecule has 0 aromatic heterocycles. The van der Waals surface area contributed by atoms with Gasteiger partial charge in [-0.15, -0.1) is 0 Å². The van der Waals surface area contributed by atoms with E-state index in [0.29, 0.717) is 26.4 Å². The zero-order valence-corrected chi connectivity index (χ0v) is 18.0. The van der Waals surface area contributed by atoms with Crippen LogP contribution in [0.1, 0.15) is 0 Å². The number of fused-ring (bicyclic) bond motifs is 1. The molecule has 0 saturated heterocycles. The predicted molar refractivity (Wildman–Crippen MR) is 119 cm³/mol. The van der Waals surface area contributed by atoms with Crippen LogP contribution in [0.15, 0.2) is 61.7 Å². The van der Waals surface area contributed by atoms with Crippen LogP contribution in [-0.4, -0.2) is 64.8 Å². The molecule has 2 aromatic rings. The van der Waals surface area contributed by atoms with E-state index >= 15 is 0 Å². The fraction of sp³-hybridized carbons (Fsp3) is 0.333. The molecule has 8 heteroatoms. The van der Waals surface area contributed by atoms with Crippen molar-refractivity contribution in [2.24, 2.45) is 0 Å². The second kappa shape index (κ2) is 14.6. The second-order valence-corrected chi connectivity index (χ2v) is 6.27. The predicted octanol–water partition coefficient (Wildman–Crippen LogP) is 3.09. The molecule has 0 atom stereocenters. The summed E-state index contributed by atoms with van der Waals surface area (Å²) in [6.45, 7) is 8.98. The minimum Gasteiger partial charge on any atom is -0.491 e. The Morgan fingerprint density at radius 1 is 0.625 bits per heavy atom. The van der Waals surface area contributed by atoms with Gasteiger partial charge >= 0.3 is 11.9 Å². The molecule has 0 heterocycles. The summed E-state index contributed by atoms with van der Waals surface area (Å²) < 4.78 is 32.1. The van der Waals surface area contributed by atoms with E-state index in [4.69, 9.17) is 28.4 Å². The molecule has 0 N–H and O–H groups in total. The smallest absolute Gasteiger partial charge is 0.330 e. The standard InChI is InChI=1S/C24H28O8/c1-3-23(25)31-17-13-27-11-15-29-21-9-5-8-20-19(21)7-6-10-22(20)30-16-12-28-14-18-32-24(26)4-2/h3-10H,1-2,11-18H2. The van der Waals surface area contributed by atoms with Gasteiger partial charge in [0.05, 0.1) is 26.4 Å². The molecule has 0 bridgehead atoms. The molecule has 0 aliphatic rings. The van der Waals surface area contributed by atoms with E-state index in [-0.39, 0.29) is 26.4 Å². The van der Waals surface area contributed by atoms with Gasteiger partial charge in [0.1, 0.15) is 37.9 Å². The largest absolute Gasteiger partial charge is 0.491 e. The molecule has 0 spiro atoms. The van der Waals surface area contributed by atoms with Crippen molar-refractivity contribution in [2.45, 2.75) is 0 Å². The summed E-state index contributed by atoms with van der Waals surface area (Å²) in [5.41, 5.74) is 0. The van der Waals surface area contributed by atoms with Crippen LogP contribution in [0.25, 0.3) is 10.8 Å². The van der Waals surface area contributed by atoms with Gasteiger partial charge in [0.15, 0.2) is 0 Å². The lowest BCUT2D eigenvalue weighted by Gasteiger charge is -2.13. The number of rotatable bonds is 16. The number of hydrogen-bond donors (Lipinski definition) is 0. The van der Waals surface area contributed by atoms with Crippen LogP contribution in [0, 0.1) is 0 Å². The molecular weight excluding hydrogens is 416 g/mol. The van der Waals surface area contributed by atoms with Gasteiger partial charge in [-0.3, -0.25) is 0 Å². The van der Waals surface area contributed by atoms with Crippen molar-refractivity contribution in [3.63, 3.8) is 0 Å². The van der Waals surface area contributed by atoms with Crippen LogP contribution in [0.2, 0.25) is 0 Å². The molecule has 0 saturated carbocycles. The Morgan fingerprint density at radius 2 is 1.03 bits per heavy atom. The number of carbonyl (C=O) groups is 2. The van der Waals surface area contributed by atoms with Crippen molar-refractivity contribution in [1.29, 1.82) is 0 Å². The van der Waals surface area contributed by atoms with Crippen LogP contribution < -0.4 is 9.47 Å². The number of ether oxygens (including phenoxy) is 6. The third-order valence-electron chi connectivity index (χ3n) is 4.09. The lowest BCUT2D eigenvalue weighted by molar-refractivity contribution is -0.140. The van der Waals surface area contributed by atoms with E-state index in [1.54, 1.807) is 0 Å². The van der Waals surface area contributed by atoms with Crippen molar-refractivity contribution < 1.29 is 38.0 Å². The summed E-state index contributed by atoms with van der Waals surface area (Å²) >= 11 is 0. The highest BCUT2D eigenvalue weighted by Gasteiger charge is 2.07. The highest BCUT2D eigenvalue weighted by molar-refractivity contribution is 5.93. The zero-order chi connectivity index (χ0) is 23.0. The van der Waals surface area contributed by atoms with Gasteiger partial charge in [0, 0.05) is 22.9 Å². The summed E-state index contributed by atoms with van der Waals surface area (Å²) in [5, 5.41) is 1.84. The maximum absolute atomic E-state index is 10.9. The molecule has 0 aliphatic heterocycles. The molecule has 172 valence electrons. The van der Waals surface area contributed by atoms with E-state index in [2.05, 4.69) is 13.2 Å². The molecule has 32 heavy (non-hydrogen) atoms. The minimum absolute atomic E-state index is 0.170. The third-order valence-corrected chi connectivity index (χ3v) is 4.09. The van der Waals surface area contributed by atoms with E-state index in [1.165, 1.54) is 0 Å². The number of benzene rings is 2. The Bertz CT molecular complexity index is 819. The van der Waals surface area contributed by atoms with Gasteiger partial charge in [-0.25, -0.2) is 9.59 Å². The van der Waals surface area contributed by atoms with Gasteiger partial charge in [-0.1, -0.05) is 37.4 Å². The van der Waals surface area contributed by atoms with Crippen molar-refractivity contribution in [3.8, 4) is 11.5 Å². The minimum atomic E-state index is -0.473. The average molecular weight is 444 g/mol. The monoisotopic (exact) mass is 444 g/mol. The molecule has 0 fully saturated rings. The first-order valence-electron chi connectivity index (χ1n) is 10.2. The molecule has 0 aliphatic carbocycles. The van der Waals surface area contributed by atoms with Gasteiger partial charge in [0.2, 0.25) is 0 Å². The Balaban J connectivity index is 1.75. The van der Waals surface area contributed by atoms with Gasteiger partial charge in [0.25, 0.3) is 0 Å². The summed E-state index contributed by atoms with van der Waals surface area (Å²) in [4.78, 5) is 21.9. The summed E-state index contributed by atoms with van der Waals surface area (Å²) in [6, 6.07) is 11.5. The summed E-state index contributed by atoms with van der Waals surface area (Å²) in [5.74, 6) is 0.489. The lowest BCUT2D eigenvalue weighted by atomic mass is 10.1. The molecular formula is C24H28O8. The first-order valence-corrected chi connectivity index (χ1v) is 10.2. The molecule has 0 unspecified atom stereocenters. The van der Waals surface area contributed by atoms with E-state index in [1.807, 2.05) is 36.4 Å². The fourth-order valence-electron chi connectivity index (χ4n) is 2.65. The Hall–Kier alpha value is -3.36. The van der Waals surface area contributed by atoms with Gasteiger partial charge < -0.3 is 28.4 Å². The Morgan fingerprint density at radius 3 is 1.44 bits per heavy atom. The number of hydrogen-bond acceptors (Lipinski definition) is 8. The second-order valence-electron chi connectivity index (χ2n) is 6.27.